The molecule has 0 bridgehead atoms. The van der Waals surface area contributed by atoms with Crippen LogP contribution >= 0.6 is 23.2 Å². The number of unbranched alkanes of at least 4 members (excludes halogenated alkanes) is 7. The molecule has 218 valence electrons. The Balaban J connectivity index is 1.02. The van der Waals surface area contributed by atoms with Gasteiger partial charge < -0.3 is 10.6 Å². The highest BCUT2D eigenvalue weighted by Crippen LogP contribution is 2.15. The normalized spacial score (nSPS) is 10.8. The Kier molecular flexibility index (Phi) is 12.4. The molecular formula is C34H38Cl2N4O2+2. The number of hydrogen-bond acceptors (Lipinski definition) is 2. The highest BCUT2D eigenvalue weighted by Gasteiger charge is 2.10. The van der Waals surface area contributed by atoms with Crippen molar-refractivity contribution in [2.45, 2.75) is 64.5 Å². The number of hydrogen-bond donors (Lipinski definition) is 2. The molecule has 0 saturated heterocycles. The van der Waals surface area contributed by atoms with E-state index in [1.54, 1.807) is 48.5 Å². The fourth-order valence-electron chi connectivity index (χ4n) is 4.64. The lowest BCUT2D eigenvalue weighted by molar-refractivity contribution is -0.697. The zero-order valence-electron chi connectivity index (χ0n) is 23.8. The minimum atomic E-state index is -0.129. The quantitative estimate of drug-likeness (QED) is 0.107. The summed E-state index contributed by atoms with van der Waals surface area (Å²) in [5.74, 6) is -0.257. The average Bonchev–Trinajstić information content (AvgIpc) is 3.01. The molecule has 2 aromatic carbocycles. The molecule has 0 unspecified atom stereocenters. The molecule has 0 radical (unpaired) electrons. The van der Waals surface area contributed by atoms with Crippen LogP contribution in [-0.2, 0) is 13.1 Å². The van der Waals surface area contributed by atoms with E-state index in [1.165, 1.54) is 38.5 Å². The van der Waals surface area contributed by atoms with E-state index in [9.17, 15) is 9.59 Å². The van der Waals surface area contributed by atoms with Gasteiger partial charge in [-0.05, 0) is 61.4 Å². The van der Waals surface area contributed by atoms with Crippen LogP contribution in [0.25, 0.3) is 0 Å². The average molecular weight is 606 g/mol. The molecule has 42 heavy (non-hydrogen) atoms. The summed E-state index contributed by atoms with van der Waals surface area (Å²) < 4.78 is 4.27. The number of nitrogens with zero attached hydrogens (tertiary/aromatic N) is 2. The van der Waals surface area contributed by atoms with Crippen molar-refractivity contribution >= 4 is 46.4 Å². The van der Waals surface area contributed by atoms with Gasteiger partial charge in [0.05, 0.1) is 11.1 Å². The molecule has 0 aliphatic heterocycles. The summed E-state index contributed by atoms with van der Waals surface area (Å²) in [4.78, 5) is 24.9. The van der Waals surface area contributed by atoms with Crippen molar-refractivity contribution < 1.29 is 18.7 Å². The second kappa shape index (κ2) is 16.6. The summed E-state index contributed by atoms with van der Waals surface area (Å²) in [5, 5.41) is 7.06. The summed E-state index contributed by atoms with van der Waals surface area (Å²) in [5.41, 5.74) is 2.72. The maximum absolute atomic E-state index is 12.4. The van der Waals surface area contributed by atoms with E-state index in [0.29, 0.717) is 21.2 Å². The van der Waals surface area contributed by atoms with Crippen LogP contribution < -0.4 is 19.8 Å². The summed E-state index contributed by atoms with van der Waals surface area (Å²) in [7, 11) is 0. The first-order valence-electron chi connectivity index (χ1n) is 14.6. The minimum Gasteiger partial charge on any atom is -0.322 e. The Morgan fingerprint density at radius 2 is 0.786 bits per heavy atom. The molecule has 0 atom stereocenters. The first-order chi connectivity index (χ1) is 20.5. The molecule has 4 aromatic rings. The van der Waals surface area contributed by atoms with Crippen molar-refractivity contribution in [1.29, 1.82) is 0 Å². The number of anilines is 2. The third kappa shape index (κ3) is 10.6. The number of pyridine rings is 2. The van der Waals surface area contributed by atoms with Gasteiger partial charge in [0, 0.05) is 58.5 Å². The fraction of sp³-hybridized carbons (Fsp3) is 0.294. The Bertz CT molecular complexity index is 1300. The van der Waals surface area contributed by atoms with Crippen LogP contribution in [0.4, 0.5) is 11.4 Å². The lowest BCUT2D eigenvalue weighted by Crippen LogP contribution is -2.33. The van der Waals surface area contributed by atoms with E-state index < -0.39 is 0 Å². The molecule has 0 saturated carbocycles. The summed E-state index contributed by atoms with van der Waals surface area (Å²) >= 11 is 11.8. The predicted octanol–water partition coefficient (Wildman–Crippen LogP) is 7.89. The Hall–Kier alpha value is -3.74. The third-order valence-electron chi connectivity index (χ3n) is 7.09. The van der Waals surface area contributed by atoms with Gasteiger partial charge in [0.15, 0.2) is 24.8 Å². The molecule has 2 heterocycles. The van der Waals surface area contributed by atoms with Crippen molar-refractivity contribution in [3.8, 4) is 0 Å². The van der Waals surface area contributed by atoms with Crippen LogP contribution in [0.3, 0.4) is 0 Å². The highest BCUT2D eigenvalue weighted by atomic mass is 35.5. The molecule has 0 fully saturated rings. The zero-order chi connectivity index (χ0) is 29.6. The van der Waals surface area contributed by atoms with Gasteiger partial charge in [-0.25, -0.2) is 9.13 Å². The van der Waals surface area contributed by atoms with Crippen molar-refractivity contribution in [3.63, 3.8) is 0 Å². The van der Waals surface area contributed by atoms with Crippen LogP contribution in [0.1, 0.15) is 72.1 Å². The number of nitrogens with one attached hydrogen (secondary N) is 2. The lowest BCUT2D eigenvalue weighted by Gasteiger charge is -2.05. The van der Waals surface area contributed by atoms with Crippen molar-refractivity contribution in [2.24, 2.45) is 0 Å². The van der Waals surface area contributed by atoms with Crippen molar-refractivity contribution in [2.75, 3.05) is 10.6 Å². The molecular weight excluding hydrogens is 567 g/mol. The second-order valence-electron chi connectivity index (χ2n) is 10.4. The number of amides is 2. The number of benzene rings is 2. The Labute approximate surface area is 258 Å². The van der Waals surface area contributed by atoms with Gasteiger partial charge in [0.1, 0.15) is 13.1 Å². The van der Waals surface area contributed by atoms with E-state index in [2.05, 4.69) is 19.8 Å². The number of halogens is 2. The van der Waals surface area contributed by atoms with Gasteiger partial charge in [0.25, 0.3) is 11.8 Å². The predicted molar refractivity (Wildman–Crippen MR) is 169 cm³/mol. The zero-order valence-corrected chi connectivity index (χ0v) is 25.3. The van der Waals surface area contributed by atoms with Crippen LogP contribution in [0, 0.1) is 0 Å². The van der Waals surface area contributed by atoms with E-state index in [-0.39, 0.29) is 11.8 Å². The van der Waals surface area contributed by atoms with Crippen molar-refractivity contribution in [3.05, 3.63) is 119 Å². The number of carbonyl (C=O) groups excluding carboxylic acids is 2. The van der Waals surface area contributed by atoms with Crippen molar-refractivity contribution in [1.82, 2.24) is 0 Å². The smallest absolute Gasteiger partial charge is 0.256 e. The SMILES string of the molecule is O=C(Nc1ccc(Cl)cc1)c1cc[n+](CCCCCCCCCC[n+]2ccc(C(=O)Nc3ccc(Cl)cc3)cc2)cc1. The highest BCUT2D eigenvalue weighted by molar-refractivity contribution is 6.31. The number of rotatable bonds is 15. The van der Waals surface area contributed by atoms with E-state index >= 15 is 0 Å². The minimum absolute atomic E-state index is 0.129. The summed E-state index contributed by atoms with van der Waals surface area (Å²) in [6.45, 7) is 1.91. The van der Waals surface area contributed by atoms with E-state index in [0.717, 1.165) is 37.3 Å². The third-order valence-corrected chi connectivity index (χ3v) is 7.60. The monoisotopic (exact) mass is 604 g/mol. The van der Waals surface area contributed by atoms with Crippen LogP contribution in [0.2, 0.25) is 10.0 Å². The second-order valence-corrected chi connectivity index (χ2v) is 11.3. The lowest BCUT2D eigenvalue weighted by atomic mass is 10.1. The molecule has 0 aliphatic rings. The fourth-order valence-corrected chi connectivity index (χ4v) is 4.89. The van der Waals surface area contributed by atoms with Gasteiger partial charge in [-0.1, -0.05) is 48.9 Å². The number of aromatic nitrogens is 2. The summed E-state index contributed by atoms with van der Waals surface area (Å²) in [6, 6.07) is 21.6. The van der Waals surface area contributed by atoms with Crippen LogP contribution in [0.5, 0.6) is 0 Å². The number of aryl methyl sites for hydroxylation is 2. The molecule has 4 rings (SSSR count). The van der Waals surface area contributed by atoms with Crippen LogP contribution in [-0.4, -0.2) is 11.8 Å². The first-order valence-corrected chi connectivity index (χ1v) is 15.3. The molecule has 2 N–H and O–H groups in total. The molecule has 0 spiro atoms. The van der Waals surface area contributed by atoms with Crippen LogP contribution in [0.15, 0.2) is 97.6 Å². The number of carbonyl (C=O) groups is 2. The summed E-state index contributed by atoms with van der Waals surface area (Å²) in [6.07, 6.45) is 17.6. The molecule has 0 aliphatic carbocycles. The van der Waals surface area contributed by atoms with E-state index in [4.69, 9.17) is 23.2 Å². The maximum Gasteiger partial charge on any atom is 0.256 e. The molecule has 6 nitrogen and oxygen atoms in total. The molecule has 8 heteroatoms. The topological polar surface area (TPSA) is 66.0 Å². The van der Waals surface area contributed by atoms with Gasteiger partial charge in [-0.2, -0.15) is 0 Å². The maximum atomic E-state index is 12.4. The van der Waals surface area contributed by atoms with Gasteiger partial charge >= 0.3 is 0 Å². The Morgan fingerprint density at radius 3 is 1.12 bits per heavy atom. The first kappa shape index (κ1) is 31.2. The van der Waals surface area contributed by atoms with Gasteiger partial charge in [-0.15, -0.1) is 0 Å². The van der Waals surface area contributed by atoms with E-state index in [1.807, 2.05) is 49.1 Å². The van der Waals surface area contributed by atoms with Gasteiger partial charge in [-0.3, -0.25) is 9.59 Å². The largest absolute Gasteiger partial charge is 0.322 e. The standard InChI is InChI=1S/C34H36Cl2N4O2/c35-29-9-13-31(14-10-29)37-33(41)27-17-23-39(24-18-27)21-7-5-3-1-2-4-6-8-22-40-25-19-28(20-26-40)34(42)38-32-15-11-30(36)12-16-32/h9-20,23-26H,1-8,21-22H2/p+2. The molecule has 2 amide bonds. The van der Waals surface area contributed by atoms with Gasteiger partial charge in [0.2, 0.25) is 0 Å². The Morgan fingerprint density at radius 1 is 0.476 bits per heavy atom. The molecule has 2 aromatic heterocycles.